The van der Waals surface area contributed by atoms with Crippen molar-refractivity contribution in [2.75, 3.05) is 37.2 Å². The Hall–Kier alpha value is -2.43. The van der Waals surface area contributed by atoms with E-state index in [0.29, 0.717) is 37.3 Å². The van der Waals surface area contributed by atoms with E-state index in [2.05, 4.69) is 4.72 Å². The van der Waals surface area contributed by atoms with Gasteiger partial charge in [-0.1, -0.05) is 18.2 Å². The van der Waals surface area contributed by atoms with Gasteiger partial charge in [-0.2, -0.15) is 0 Å². The Labute approximate surface area is 177 Å². The van der Waals surface area contributed by atoms with Gasteiger partial charge >= 0.3 is 0 Å². The zero-order chi connectivity index (χ0) is 21.9. The molecular formula is C20H25N3O5S2. The molecule has 0 aliphatic carbocycles. The van der Waals surface area contributed by atoms with Crippen LogP contribution < -0.4 is 4.72 Å². The van der Waals surface area contributed by atoms with Crippen molar-refractivity contribution >= 4 is 31.6 Å². The fourth-order valence-electron chi connectivity index (χ4n) is 3.28. The van der Waals surface area contributed by atoms with Crippen molar-refractivity contribution in [1.82, 2.24) is 9.21 Å². The summed E-state index contributed by atoms with van der Waals surface area (Å²) in [5.41, 5.74) is 1.66. The standard InChI is InChI=1S/C20H25N3O5S2/c1-16-6-3-4-7-19(16)21-30(27,28)18-10-8-17(9-11-18)20(24)22-12-5-13-23(15-14-22)29(2,25)26/h3-4,6-11,21H,5,12-15H2,1-2H3. The Bertz CT molecular complexity index is 1130. The van der Waals surface area contributed by atoms with Crippen molar-refractivity contribution in [2.24, 2.45) is 0 Å². The van der Waals surface area contributed by atoms with Crippen LogP contribution in [0.1, 0.15) is 22.3 Å². The van der Waals surface area contributed by atoms with Crippen LogP contribution in [-0.4, -0.2) is 64.4 Å². The number of benzene rings is 2. The van der Waals surface area contributed by atoms with Crippen molar-refractivity contribution in [2.45, 2.75) is 18.2 Å². The van der Waals surface area contributed by atoms with Crippen LogP contribution in [0.2, 0.25) is 0 Å². The van der Waals surface area contributed by atoms with Crippen LogP contribution in [-0.2, 0) is 20.0 Å². The molecule has 3 rings (SSSR count). The van der Waals surface area contributed by atoms with Crippen LogP contribution in [0.5, 0.6) is 0 Å². The number of nitrogens with zero attached hydrogens (tertiary/aromatic N) is 2. The number of rotatable bonds is 5. The third-order valence-electron chi connectivity index (χ3n) is 5.01. The summed E-state index contributed by atoms with van der Waals surface area (Å²) in [6.07, 6.45) is 1.71. The number of amides is 1. The fourth-order valence-corrected chi connectivity index (χ4v) is 5.28. The Balaban J connectivity index is 1.72. The number of nitrogens with one attached hydrogen (secondary N) is 1. The zero-order valence-electron chi connectivity index (χ0n) is 16.9. The summed E-state index contributed by atoms with van der Waals surface area (Å²) in [6.45, 7) is 3.17. The smallest absolute Gasteiger partial charge is 0.261 e. The Morgan fingerprint density at radius 1 is 0.900 bits per heavy atom. The molecule has 0 aromatic heterocycles. The van der Waals surface area contributed by atoms with Crippen molar-refractivity contribution in [3.63, 3.8) is 0 Å². The molecule has 0 radical (unpaired) electrons. The van der Waals surface area contributed by atoms with Gasteiger partial charge in [-0.05, 0) is 49.2 Å². The number of sulfonamides is 2. The second-order valence-electron chi connectivity index (χ2n) is 7.25. The van der Waals surface area contributed by atoms with E-state index in [1.54, 1.807) is 17.0 Å². The summed E-state index contributed by atoms with van der Waals surface area (Å²) in [6, 6.07) is 12.8. The quantitative estimate of drug-likeness (QED) is 0.748. The Morgan fingerprint density at radius 3 is 2.20 bits per heavy atom. The highest BCUT2D eigenvalue weighted by Crippen LogP contribution is 2.20. The van der Waals surface area contributed by atoms with Gasteiger partial charge in [-0.15, -0.1) is 0 Å². The monoisotopic (exact) mass is 451 g/mol. The van der Waals surface area contributed by atoms with Gasteiger partial charge in [-0.25, -0.2) is 21.1 Å². The SMILES string of the molecule is Cc1ccccc1NS(=O)(=O)c1ccc(C(=O)N2CCCN(S(C)(=O)=O)CC2)cc1. The minimum Gasteiger partial charge on any atom is -0.337 e. The lowest BCUT2D eigenvalue weighted by Crippen LogP contribution is -2.36. The van der Waals surface area contributed by atoms with Gasteiger partial charge in [0.15, 0.2) is 0 Å². The van der Waals surface area contributed by atoms with Crippen LogP contribution in [0.4, 0.5) is 5.69 Å². The summed E-state index contributed by atoms with van der Waals surface area (Å²) < 4.78 is 52.7. The van der Waals surface area contributed by atoms with Gasteiger partial charge in [0.2, 0.25) is 10.0 Å². The van der Waals surface area contributed by atoms with E-state index in [1.807, 2.05) is 19.1 Å². The highest BCUT2D eigenvalue weighted by molar-refractivity contribution is 7.92. The molecule has 1 aliphatic rings. The third kappa shape index (κ3) is 5.18. The maximum Gasteiger partial charge on any atom is 0.261 e. The van der Waals surface area contributed by atoms with Gasteiger partial charge in [0.05, 0.1) is 16.8 Å². The minimum absolute atomic E-state index is 0.0569. The Kier molecular flexibility index (Phi) is 6.49. The molecule has 0 saturated carbocycles. The van der Waals surface area contributed by atoms with Gasteiger partial charge in [0, 0.05) is 31.7 Å². The maximum atomic E-state index is 12.8. The molecule has 162 valence electrons. The second-order valence-corrected chi connectivity index (χ2v) is 10.9. The molecule has 10 heteroatoms. The number of aryl methyl sites for hydroxylation is 1. The van der Waals surface area contributed by atoms with E-state index < -0.39 is 20.0 Å². The van der Waals surface area contributed by atoms with E-state index in [9.17, 15) is 21.6 Å². The zero-order valence-corrected chi connectivity index (χ0v) is 18.5. The first-order chi connectivity index (χ1) is 14.1. The van der Waals surface area contributed by atoms with Crippen LogP contribution in [0, 0.1) is 6.92 Å². The molecule has 0 bridgehead atoms. The molecule has 1 amide bonds. The molecule has 1 saturated heterocycles. The van der Waals surface area contributed by atoms with Crippen molar-refractivity contribution in [3.8, 4) is 0 Å². The van der Waals surface area contributed by atoms with E-state index in [0.717, 1.165) is 11.8 Å². The number of carbonyl (C=O) groups excluding carboxylic acids is 1. The van der Waals surface area contributed by atoms with Gasteiger partial charge < -0.3 is 4.90 Å². The number of anilines is 1. The minimum atomic E-state index is -3.78. The summed E-state index contributed by atoms with van der Waals surface area (Å²) in [7, 11) is -7.07. The van der Waals surface area contributed by atoms with Gasteiger partial charge in [-0.3, -0.25) is 9.52 Å². The maximum absolute atomic E-state index is 12.8. The molecular weight excluding hydrogens is 426 g/mol. The van der Waals surface area contributed by atoms with Crippen molar-refractivity contribution in [1.29, 1.82) is 0 Å². The lowest BCUT2D eigenvalue weighted by atomic mass is 10.2. The van der Waals surface area contributed by atoms with Crippen LogP contribution in [0.25, 0.3) is 0 Å². The lowest BCUT2D eigenvalue weighted by Gasteiger charge is -2.21. The second kappa shape index (κ2) is 8.75. The molecule has 0 atom stereocenters. The first-order valence-corrected chi connectivity index (χ1v) is 12.8. The van der Waals surface area contributed by atoms with Crippen molar-refractivity contribution < 1.29 is 21.6 Å². The average Bonchev–Trinajstić information content (AvgIpc) is 2.95. The molecule has 1 N–H and O–H groups in total. The predicted molar refractivity (Wildman–Crippen MR) is 115 cm³/mol. The van der Waals surface area contributed by atoms with Crippen LogP contribution >= 0.6 is 0 Å². The largest absolute Gasteiger partial charge is 0.337 e. The molecule has 2 aromatic rings. The average molecular weight is 452 g/mol. The molecule has 2 aromatic carbocycles. The van der Waals surface area contributed by atoms with E-state index >= 15 is 0 Å². The van der Waals surface area contributed by atoms with E-state index in [1.165, 1.54) is 28.6 Å². The van der Waals surface area contributed by atoms with Crippen LogP contribution in [0.15, 0.2) is 53.4 Å². The van der Waals surface area contributed by atoms with Gasteiger partial charge in [0.1, 0.15) is 0 Å². The van der Waals surface area contributed by atoms with Gasteiger partial charge in [0.25, 0.3) is 15.9 Å². The van der Waals surface area contributed by atoms with E-state index in [4.69, 9.17) is 0 Å². The number of hydrogen-bond donors (Lipinski definition) is 1. The first-order valence-electron chi connectivity index (χ1n) is 9.51. The highest BCUT2D eigenvalue weighted by atomic mass is 32.2. The summed E-state index contributed by atoms with van der Waals surface area (Å²) in [5, 5.41) is 0. The fraction of sp³-hybridized carbons (Fsp3) is 0.350. The Morgan fingerprint density at radius 2 is 1.57 bits per heavy atom. The number of carbonyl (C=O) groups is 1. The summed E-state index contributed by atoms with van der Waals surface area (Å²) in [5.74, 6) is -0.249. The number of para-hydroxylation sites is 1. The normalized spacial score (nSPS) is 16.1. The third-order valence-corrected chi connectivity index (χ3v) is 7.70. The first kappa shape index (κ1) is 22.3. The van der Waals surface area contributed by atoms with Crippen molar-refractivity contribution in [3.05, 3.63) is 59.7 Å². The van der Waals surface area contributed by atoms with Crippen LogP contribution in [0.3, 0.4) is 0 Å². The topological polar surface area (TPSA) is 104 Å². The predicted octanol–water partition coefficient (Wildman–Crippen LogP) is 1.90. The molecule has 8 nitrogen and oxygen atoms in total. The molecule has 1 fully saturated rings. The molecule has 0 spiro atoms. The molecule has 1 aliphatic heterocycles. The highest BCUT2D eigenvalue weighted by Gasteiger charge is 2.25. The summed E-state index contributed by atoms with van der Waals surface area (Å²) >= 11 is 0. The van der Waals surface area contributed by atoms with E-state index in [-0.39, 0.29) is 17.3 Å². The number of hydrogen-bond acceptors (Lipinski definition) is 5. The summed E-state index contributed by atoms with van der Waals surface area (Å²) in [4.78, 5) is 14.5. The molecule has 0 unspecified atom stereocenters. The molecule has 1 heterocycles. The lowest BCUT2D eigenvalue weighted by molar-refractivity contribution is 0.0764. The molecule has 30 heavy (non-hydrogen) atoms.